The maximum Gasteiger partial charge on any atom is 0.371 e. The van der Waals surface area contributed by atoms with Gasteiger partial charge >= 0.3 is 7.60 Å². The second kappa shape index (κ2) is 15.6. The standard InChI is InChI=1S/C42H35N4O3PS2/c1-4-48-50(47,49-5-2)36(28-43)27-30-16-18-31(19-17-30)37-24-25-38(41-40(37)44-52-45-41)39-26-29(3)42(51-39)32-20-22-35(23-21-32)46(33-12-8-6-9-13-33)34-14-10-7-11-15-34/h6-27H,4-5H2,1-3H3. The molecule has 0 atom stereocenters. The molecule has 0 spiro atoms. The van der Waals surface area contributed by atoms with Gasteiger partial charge in [0.25, 0.3) is 0 Å². The number of benzene rings is 5. The lowest BCUT2D eigenvalue weighted by molar-refractivity contribution is 0.227. The van der Waals surface area contributed by atoms with Crippen LogP contribution in [0.3, 0.4) is 0 Å². The molecule has 0 amide bonds. The third-order valence-corrected chi connectivity index (χ3v) is 12.4. The van der Waals surface area contributed by atoms with E-state index < -0.39 is 7.60 Å². The average molecular weight is 739 g/mol. The highest BCUT2D eigenvalue weighted by molar-refractivity contribution is 7.59. The van der Waals surface area contributed by atoms with Crippen LogP contribution in [0, 0.1) is 18.3 Å². The molecule has 2 aromatic heterocycles. The number of rotatable bonds is 12. The molecule has 0 fully saturated rings. The van der Waals surface area contributed by atoms with Crippen molar-refractivity contribution >= 4 is 64.8 Å². The van der Waals surface area contributed by atoms with Gasteiger partial charge in [0.2, 0.25) is 0 Å². The van der Waals surface area contributed by atoms with Crippen LogP contribution >= 0.6 is 30.7 Å². The molecule has 0 aliphatic heterocycles. The Kier molecular flexibility index (Phi) is 10.6. The predicted octanol–water partition coefficient (Wildman–Crippen LogP) is 12.7. The summed E-state index contributed by atoms with van der Waals surface area (Å²) in [6, 6.07) is 45.8. The molecule has 0 bridgehead atoms. The fourth-order valence-electron chi connectivity index (χ4n) is 6.17. The van der Waals surface area contributed by atoms with Crippen molar-refractivity contribution in [1.82, 2.24) is 8.75 Å². The molecule has 0 unspecified atom stereocenters. The maximum absolute atomic E-state index is 13.2. The van der Waals surface area contributed by atoms with E-state index in [1.807, 2.05) is 42.5 Å². The highest BCUT2D eigenvalue weighted by atomic mass is 32.1. The molecular weight excluding hydrogens is 704 g/mol. The van der Waals surface area contributed by atoms with Crippen LogP contribution in [0.15, 0.2) is 133 Å². The van der Waals surface area contributed by atoms with E-state index in [-0.39, 0.29) is 18.5 Å². The van der Waals surface area contributed by atoms with Crippen LogP contribution in [0.2, 0.25) is 0 Å². The van der Waals surface area contributed by atoms with Crippen molar-refractivity contribution in [1.29, 1.82) is 5.26 Å². The molecule has 7 nitrogen and oxygen atoms in total. The molecule has 0 radical (unpaired) electrons. The molecule has 10 heteroatoms. The Morgan fingerprint density at radius 1 is 0.750 bits per heavy atom. The summed E-state index contributed by atoms with van der Waals surface area (Å²) in [6.45, 7) is 5.94. The fourth-order valence-corrected chi connectivity index (χ4v) is 9.41. The number of aromatic nitrogens is 2. The summed E-state index contributed by atoms with van der Waals surface area (Å²) >= 11 is 2.96. The number of nitrogens with zero attached hydrogens (tertiary/aromatic N) is 4. The number of aryl methyl sites for hydroxylation is 1. The molecule has 258 valence electrons. The molecule has 7 aromatic rings. The Balaban J connectivity index is 1.17. The number of anilines is 3. The number of para-hydroxylation sites is 2. The first kappa shape index (κ1) is 35.2. The lowest BCUT2D eigenvalue weighted by Crippen LogP contribution is -2.09. The van der Waals surface area contributed by atoms with Crippen LogP contribution in [0.4, 0.5) is 17.1 Å². The largest absolute Gasteiger partial charge is 0.371 e. The third kappa shape index (κ3) is 7.13. The van der Waals surface area contributed by atoms with Gasteiger partial charge in [-0.3, -0.25) is 4.57 Å². The van der Waals surface area contributed by atoms with Crippen molar-refractivity contribution in [2.24, 2.45) is 0 Å². The minimum atomic E-state index is -3.69. The Morgan fingerprint density at radius 3 is 1.87 bits per heavy atom. The molecule has 5 aromatic carbocycles. The number of nitriles is 1. The highest BCUT2D eigenvalue weighted by Gasteiger charge is 2.30. The van der Waals surface area contributed by atoms with Gasteiger partial charge in [0.15, 0.2) is 0 Å². The fraction of sp³-hybridized carbons (Fsp3) is 0.119. The number of hydrogen-bond donors (Lipinski definition) is 0. The van der Waals surface area contributed by atoms with E-state index >= 15 is 0 Å². The van der Waals surface area contributed by atoms with Gasteiger partial charge in [-0.1, -0.05) is 84.9 Å². The first-order valence-electron chi connectivity index (χ1n) is 16.9. The molecule has 0 N–H and O–H groups in total. The lowest BCUT2D eigenvalue weighted by Gasteiger charge is -2.25. The van der Waals surface area contributed by atoms with Crippen molar-refractivity contribution < 1.29 is 13.6 Å². The van der Waals surface area contributed by atoms with Crippen LogP contribution in [-0.2, 0) is 13.6 Å². The van der Waals surface area contributed by atoms with E-state index in [0.717, 1.165) is 55.2 Å². The van der Waals surface area contributed by atoms with Gasteiger partial charge in [0.05, 0.1) is 24.9 Å². The number of thiophene rings is 1. The summed E-state index contributed by atoms with van der Waals surface area (Å²) in [5.74, 6) is 0. The first-order chi connectivity index (χ1) is 25.4. The van der Waals surface area contributed by atoms with E-state index in [4.69, 9.17) is 17.8 Å². The predicted molar refractivity (Wildman–Crippen MR) is 215 cm³/mol. The summed E-state index contributed by atoms with van der Waals surface area (Å²) in [4.78, 5) is 4.61. The normalized spacial score (nSPS) is 11.8. The summed E-state index contributed by atoms with van der Waals surface area (Å²) in [5.41, 5.74) is 11.0. The first-order valence-corrected chi connectivity index (χ1v) is 20.0. The molecule has 7 rings (SSSR count). The van der Waals surface area contributed by atoms with Crippen LogP contribution in [0.1, 0.15) is 25.0 Å². The van der Waals surface area contributed by atoms with E-state index in [1.54, 1.807) is 31.3 Å². The topological polar surface area (TPSA) is 88.3 Å². The lowest BCUT2D eigenvalue weighted by atomic mass is 9.99. The zero-order valence-electron chi connectivity index (χ0n) is 28.9. The van der Waals surface area contributed by atoms with Gasteiger partial charge in [-0.15, -0.1) is 11.3 Å². The zero-order chi connectivity index (χ0) is 36.1. The second-order valence-electron chi connectivity index (χ2n) is 11.9. The minimum Gasteiger partial charge on any atom is -0.311 e. The zero-order valence-corrected chi connectivity index (χ0v) is 31.4. The second-order valence-corrected chi connectivity index (χ2v) is 15.5. The van der Waals surface area contributed by atoms with Crippen molar-refractivity contribution in [3.63, 3.8) is 0 Å². The summed E-state index contributed by atoms with van der Waals surface area (Å²) in [7, 11) is -3.69. The molecule has 0 aliphatic rings. The van der Waals surface area contributed by atoms with E-state index in [9.17, 15) is 9.83 Å². The van der Waals surface area contributed by atoms with Crippen LogP contribution < -0.4 is 4.90 Å². The smallest absolute Gasteiger partial charge is 0.311 e. The number of fused-ring (bicyclic) bond motifs is 1. The van der Waals surface area contributed by atoms with Crippen molar-refractivity contribution in [2.45, 2.75) is 20.8 Å². The van der Waals surface area contributed by atoms with Gasteiger partial charge in [-0.25, -0.2) is 0 Å². The van der Waals surface area contributed by atoms with Crippen molar-refractivity contribution in [3.8, 4) is 38.1 Å². The molecule has 0 saturated carbocycles. The van der Waals surface area contributed by atoms with E-state index in [2.05, 4.69) is 103 Å². The van der Waals surface area contributed by atoms with Crippen LogP contribution in [0.25, 0.3) is 49.1 Å². The SMILES string of the molecule is CCOP(=O)(OCC)C(C#N)=Cc1ccc(-c2ccc(-c3cc(C)c(-c4ccc(N(c5ccccc5)c5ccccc5)cc4)s3)c3nsnc23)cc1. The third-order valence-electron chi connectivity index (χ3n) is 8.55. The Morgan fingerprint density at radius 2 is 1.29 bits per heavy atom. The molecule has 2 heterocycles. The van der Waals surface area contributed by atoms with Gasteiger partial charge < -0.3 is 13.9 Å². The Hall–Kier alpha value is -5.20. The Bertz CT molecular complexity index is 2390. The molecule has 52 heavy (non-hydrogen) atoms. The van der Waals surface area contributed by atoms with Crippen molar-refractivity contribution in [2.75, 3.05) is 18.1 Å². The van der Waals surface area contributed by atoms with Gasteiger partial charge in [-0.2, -0.15) is 14.0 Å². The maximum atomic E-state index is 13.2. The number of hydrogen-bond acceptors (Lipinski definition) is 9. The molecule has 0 aliphatic carbocycles. The summed E-state index contributed by atoms with van der Waals surface area (Å²) < 4.78 is 33.4. The Labute approximate surface area is 311 Å². The molecular formula is C42H35N4O3PS2. The van der Waals surface area contributed by atoms with Crippen LogP contribution in [0.5, 0.6) is 0 Å². The highest BCUT2D eigenvalue weighted by Crippen LogP contribution is 2.56. The average Bonchev–Trinajstić information content (AvgIpc) is 3.83. The summed E-state index contributed by atoms with van der Waals surface area (Å²) in [5, 5.41) is 9.73. The summed E-state index contributed by atoms with van der Waals surface area (Å²) in [6.07, 6.45) is 1.56. The molecule has 0 saturated heterocycles. The van der Waals surface area contributed by atoms with Crippen molar-refractivity contribution in [3.05, 3.63) is 144 Å². The van der Waals surface area contributed by atoms with Gasteiger partial charge in [0.1, 0.15) is 22.4 Å². The van der Waals surface area contributed by atoms with Gasteiger partial charge in [0, 0.05) is 37.9 Å². The monoisotopic (exact) mass is 738 g/mol. The van der Waals surface area contributed by atoms with E-state index in [1.165, 1.54) is 22.2 Å². The van der Waals surface area contributed by atoms with Gasteiger partial charge in [-0.05, 0) is 91.6 Å². The van der Waals surface area contributed by atoms with Crippen LogP contribution in [-0.4, -0.2) is 22.0 Å². The quantitative estimate of drug-likeness (QED) is 0.0910. The number of allylic oxidation sites excluding steroid dienone is 1. The van der Waals surface area contributed by atoms with E-state index in [0.29, 0.717) is 5.56 Å². The minimum absolute atomic E-state index is 0.0257.